The van der Waals surface area contributed by atoms with Crippen LogP contribution >= 0.6 is 0 Å². The van der Waals surface area contributed by atoms with Gasteiger partial charge < -0.3 is 25.8 Å². The molecule has 1 saturated carbocycles. The summed E-state index contributed by atoms with van der Waals surface area (Å²) in [5, 5.41) is 19.2. The van der Waals surface area contributed by atoms with Gasteiger partial charge in [-0.2, -0.15) is 15.3 Å². The Labute approximate surface area is 350 Å². The number of hydrogen-bond donors (Lipinski definition) is 3. The number of aromatic nitrogens is 7. The number of nitrogens with zero attached hydrogens (tertiary/aromatic N) is 10. The number of anilines is 3. The van der Waals surface area contributed by atoms with Crippen molar-refractivity contribution < 1.29 is 27.6 Å². The lowest BCUT2D eigenvalue weighted by Gasteiger charge is -2.40. The van der Waals surface area contributed by atoms with Gasteiger partial charge in [0, 0.05) is 75.2 Å². The van der Waals surface area contributed by atoms with E-state index in [0.29, 0.717) is 42.9 Å². The Morgan fingerprint density at radius 1 is 1.03 bits per heavy atom. The molecule has 4 aromatic heterocycles. The van der Waals surface area contributed by atoms with Gasteiger partial charge in [-0.15, -0.1) is 0 Å². The molecule has 9 rings (SSSR count). The van der Waals surface area contributed by atoms with Crippen LogP contribution in [0.15, 0.2) is 42.9 Å². The average Bonchev–Trinajstić information content (AvgIpc) is 3.96. The number of hydrogen-bond acceptors (Lipinski definition) is 11. The van der Waals surface area contributed by atoms with Crippen LogP contribution in [-0.4, -0.2) is 115 Å². The number of amides is 3. The minimum absolute atomic E-state index is 0.0526. The van der Waals surface area contributed by atoms with Crippen LogP contribution in [-0.2, 0) is 16.6 Å². The highest BCUT2D eigenvalue weighted by atomic mass is 19.3. The molecule has 4 N–H and O–H groups in total. The monoisotopic (exact) mass is 843 g/mol. The first kappa shape index (κ1) is 40.8. The zero-order chi connectivity index (χ0) is 42.5. The van der Waals surface area contributed by atoms with E-state index in [-0.39, 0.29) is 53.8 Å². The third-order valence-corrected chi connectivity index (χ3v) is 13.2. The summed E-state index contributed by atoms with van der Waals surface area (Å²) in [6, 6.07) is 8.01. The van der Waals surface area contributed by atoms with Crippen LogP contribution in [0.5, 0.6) is 0 Å². The SMILES string of the molecule is CN(CC1CCC(n2cc(NC(=O)c3cnn4ccc(N5C[C@H](N)C[C@@H](F)C5)nc34)c(C(F)F)n2)CC1)C1CCN(c2ccc3c(C4CCC(=O)NC4=O)nn(C)c3c2)CC1. The van der Waals surface area contributed by atoms with Crippen LogP contribution in [0.3, 0.4) is 0 Å². The number of rotatable bonds is 10. The number of carbonyl (C=O) groups is 3. The van der Waals surface area contributed by atoms with Crippen LogP contribution in [0.25, 0.3) is 16.6 Å². The van der Waals surface area contributed by atoms with E-state index in [9.17, 15) is 27.6 Å². The van der Waals surface area contributed by atoms with E-state index in [2.05, 4.69) is 54.8 Å². The topological polar surface area (TPSA) is 177 Å². The highest BCUT2D eigenvalue weighted by molar-refractivity contribution is 6.08. The van der Waals surface area contributed by atoms with Crippen LogP contribution in [0.4, 0.5) is 30.4 Å². The fourth-order valence-electron chi connectivity index (χ4n) is 9.89. The Morgan fingerprint density at radius 3 is 2.56 bits per heavy atom. The van der Waals surface area contributed by atoms with E-state index in [1.807, 2.05) is 17.8 Å². The molecule has 0 spiro atoms. The normalized spacial score (nSPS) is 24.4. The Bertz CT molecular complexity index is 2420. The number of benzene rings is 1. The molecule has 1 aromatic carbocycles. The molecule has 324 valence electrons. The summed E-state index contributed by atoms with van der Waals surface area (Å²) in [5.41, 5.74) is 8.61. The molecule has 16 nitrogen and oxygen atoms in total. The first-order valence-corrected chi connectivity index (χ1v) is 21.3. The van der Waals surface area contributed by atoms with Crippen LogP contribution in [0, 0.1) is 5.92 Å². The van der Waals surface area contributed by atoms with Crippen molar-refractivity contribution in [1.29, 1.82) is 0 Å². The Balaban J connectivity index is 0.781. The fraction of sp³-hybridized carbons (Fsp3) is 0.548. The number of fused-ring (bicyclic) bond motifs is 2. The van der Waals surface area contributed by atoms with Gasteiger partial charge in [-0.25, -0.2) is 22.7 Å². The number of imide groups is 1. The van der Waals surface area contributed by atoms with Gasteiger partial charge >= 0.3 is 0 Å². The van der Waals surface area contributed by atoms with Crippen molar-refractivity contribution in [3.05, 3.63) is 59.8 Å². The molecule has 3 atom stereocenters. The van der Waals surface area contributed by atoms with Crippen molar-refractivity contribution in [1.82, 2.24) is 44.4 Å². The molecule has 3 saturated heterocycles. The number of nitrogens with two attached hydrogens (primary N) is 1. The van der Waals surface area contributed by atoms with Crippen molar-refractivity contribution in [2.75, 3.05) is 54.9 Å². The molecule has 3 aliphatic heterocycles. The van der Waals surface area contributed by atoms with Crippen molar-refractivity contribution in [2.24, 2.45) is 18.7 Å². The fourth-order valence-corrected chi connectivity index (χ4v) is 9.89. The summed E-state index contributed by atoms with van der Waals surface area (Å²) in [7, 11) is 4.09. The number of halogens is 3. The highest BCUT2D eigenvalue weighted by Gasteiger charge is 2.34. The molecular weight excluding hydrogens is 792 g/mol. The van der Waals surface area contributed by atoms with Crippen molar-refractivity contribution in [3.63, 3.8) is 0 Å². The van der Waals surface area contributed by atoms with Crippen LogP contribution in [0.1, 0.15) is 97.9 Å². The predicted molar refractivity (Wildman–Crippen MR) is 223 cm³/mol. The van der Waals surface area contributed by atoms with Crippen LogP contribution in [0.2, 0.25) is 0 Å². The van der Waals surface area contributed by atoms with E-state index >= 15 is 0 Å². The van der Waals surface area contributed by atoms with Gasteiger partial charge in [0.1, 0.15) is 17.6 Å². The molecule has 1 aliphatic carbocycles. The second-order valence-corrected chi connectivity index (χ2v) is 17.3. The lowest BCUT2D eigenvalue weighted by atomic mass is 9.85. The lowest BCUT2D eigenvalue weighted by molar-refractivity contribution is -0.134. The average molecular weight is 844 g/mol. The summed E-state index contributed by atoms with van der Waals surface area (Å²) in [5.74, 6) is -0.679. The van der Waals surface area contributed by atoms with Crippen LogP contribution < -0.4 is 26.2 Å². The van der Waals surface area contributed by atoms with E-state index in [4.69, 9.17) is 10.8 Å². The molecule has 0 radical (unpaired) electrons. The molecule has 4 fully saturated rings. The Morgan fingerprint density at radius 2 is 1.82 bits per heavy atom. The smallest absolute Gasteiger partial charge is 0.284 e. The number of piperidine rings is 3. The minimum Gasteiger partial charge on any atom is -0.371 e. The van der Waals surface area contributed by atoms with Gasteiger partial charge in [0.25, 0.3) is 12.3 Å². The maximum absolute atomic E-state index is 14.3. The molecule has 3 amide bonds. The Kier molecular flexibility index (Phi) is 11.2. The van der Waals surface area contributed by atoms with Gasteiger partial charge in [0.05, 0.1) is 41.6 Å². The van der Waals surface area contributed by atoms with Gasteiger partial charge in [-0.1, -0.05) is 0 Å². The van der Waals surface area contributed by atoms with E-state index in [1.54, 1.807) is 21.8 Å². The summed E-state index contributed by atoms with van der Waals surface area (Å²) >= 11 is 0. The number of carbonyl (C=O) groups excluding carboxylic acids is 3. The molecule has 1 unspecified atom stereocenters. The van der Waals surface area contributed by atoms with E-state index in [0.717, 1.165) is 74.7 Å². The number of aryl methyl sites for hydroxylation is 1. The summed E-state index contributed by atoms with van der Waals surface area (Å²) in [6.45, 7) is 3.34. The van der Waals surface area contributed by atoms with Gasteiger partial charge in [-0.05, 0) is 88.6 Å². The maximum atomic E-state index is 14.3. The zero-order valence-corrected chi connectivity index (χ0v) is 34.4. The third kappa shape index (κ3) is 8.28. The quantitative estimate of drug-likeness (QED) is 0.166. The number of nitrogens with one attached hydrogen (secondary N) is 2. The van der Waals surface area contributed by atoms with E-state index < -0.39 is 30.1 Å². The van der Waals surface area contributed by atoms with Crippen molar-refractivity contribution >= 4 is 51.5 Å². The molecule has 19 heteroatoms. The standard InChI is InChI=1S/C42H52F3N13O3/c1-53(27-11-14-55(15-12-27)29-7-8-30-34(18-29)54(2)51-37(30)31-9-10-36(59)50-41(31)60)20-24-3-5-28(6-4-24)58-23-33(38(52-58)39(44)45)48-42(61)32-19-47-57-16-13-35(49-40(32)57)56-21-25(43)17-26(46)22-56/h7-8,13,16,18-19,23-28,31,39H,3-6,9-12,14-15,17,20-22,46H2,1-2H3,(H,48,61)(H,50,59,60)/t24?,25-,26-,28?,31?/m1/s1. The van der Waals surface area contributed by atoms with Gasteiger partial charge in [-0.3, -0.25) is 29.1 Å². The summed E-state index contributed by atoms with van der Waals surface area (Å²) < 4.78 is 47.7. The third-order valence-electron chi connectivity index (χ3n) is 13.2. The van der Waals surface area contributed by atoms with Gasteiger partial charge in [0.2, 0.25) is 11.8 Å². The van der Waals surface area contributed by atoms with Crippen molar-refractivity contribution in [3.8, 4) is 0 Å². The molecule has 0 bridgehead atoms. The maximum Gasteiger partial charge on any atom is 0.284 e. The molecule has 61 heavy (non-hydrogen) atoms. The van der Waals surface area contributed by atoms with Gasteiger partial charge in [0.15, 0.2) is 11.3 Å². The molecule has 7 heterocycles. The summed E-state index contributed by atoms with van der Waals surface area (Å²) in [4.78, 5) is 49.0. The summed E-state index contributed by atoms with van der Waals surface area (Å²) in [6.07, 6.45) is 7.01. The first-order valence-electron chi connectivity index (χ1n) is 21.3. The largest absolute Gasteiger partial charge is 0.371 e. The second kappa shape index (κ2) is 16.7. The first-order chi connectivity index (χ1) is 29.4. The minimum atomic E-state index is -2.89. The van der Waals surface area contributed by atoms with Crippen molar-refractivity contribution in [2.45, 2.75) is 94.4 Å². The highest BCUT2D eigenvalue weighted by Crippen LogP contribution is 2.37. The Hall–Kier alpha value is -5.56. The molecule has 5 aromatic rings. The lowest BCUT2D eigenvalue weighted by Crippen LogP contribution is -2.48. The zero-order valence-electron chi connectivity index (χ0n) is 34.4. The second-order valence-electron chi connectivity index (χ2n) is 17.3. The van der Waals surface area contributed by atoms with E-state index in [1.165, 1.54) is 16.9 Å². The number of alkyl halides is 3. The molecular formula is C42H52F3N13O3. The molecule has 4 aliphatic rings. The predicted octanol–water partition coefficient (Wildman–Crippen LogP) is 4.73.